The van der Waals surface area contributed by atoms with Gasteiger partial charge in [-0.2, -0.15) is 0 Å². The highest BCUT2D eigenvalue weighted by Gasteiger charge is 2.20. The van der Waals surface area contributed by atoms with Gasteiger partial charge >= 0.3 is 0 Å². The number of rotatable bonds is 7. The summed E-state index contributed by atoms with van der Waals surface area (Å²) >= 11 is 1.58. The van der Waals surface area contributed by atoms with Crippen LogP contribution in [0.15, 0.2) is 106 Å². The Morgan fingerprint density at radius 1 is 1.08 bits per heavy atom. The fourth-order valence-corrected chi connectivity index (χ4v) is 4.57. The molecule has 4 rings (SSSR count). The minimum atomic E-state index is -0.297. The second-order valence-corrected chi connectivity index (χ2v) is 9.05. The molecule has 0 radical (unpaired) electrons. The van der Waals surface area contributed by atoms with Crippen LogP contribution in [0.5, 0.6) is 0 Å². The number of hydrogen-bond donors (Lipinski definition) is 1. The van der Waals surface area contributed by atoms with Crippen molar-refractivity contribution in [2.24, 2.45) is 10.9 Å². The summed E-state index contributed by atoms with van der Waals surface area (Å²) in [6.45, 7) is 6.53. The molecule has 1 aliphatic heterocycles. The van der Waals surface area contributed by atoms with E-state index in [-0.39, 0.29) is 17.6 Å². The maximum absolute atomic E-state index is 13.9. The molecule has 0 aliphatic carbocycles. The van der Waals surface area contributed by atoms with Gasteiger partial charge in [-0.3, -0.25) is 14.8 Å². The first-order valence-corrected chi connectivity index (χ1v) is 13.0. The standard InChI is InChI=1S/C23H23FN2OS.C7H9N/c1-3-8-17(23(27)25-4-2)14-19-15-28-21-12-6-5-11-20(21)22(26-19)16-9-7-10-18(24)13-16;1-2-7-3-5-8-6-4-7/h3,5-13,15,17H,4,14H2,1-2H3,(H,25,27);3-6H,2H2,1H3/b8-3-;. The van der Waals surface area contributed by atoms with Crippen molar-refractivity contribution >= 4 is 23.4 Å². The zero-order valence-electron chi connectivity index (χ0n) is 20.9. The first-order chi connectivity index (χ1) is 17.5. The topological polar surface area (TPSA) is 54.4 Å². The summed E-state index contributed by atoms with van der Waals surface area (Å²) in [5, 5.41) is 4.87. The maximum Gasteiger partial charge on any atom is 0.227 e. The van der Waals surface area contributed by atoms with E-state index in [2.05, 4.69) is 17.2 Å². The molecule has 186 valence electrons. The number of nitrogens with one attached hydrogen (secondary N) is 1. The van der Waals surface area contributed by atoms with Gasteiger partial charge in [-0.05, 0) is 61.6 Å². The molecule has 0 spiro atoms. The summed E-state index contributed by atoms with van der Waals surface area (Å²) in [5.74, 6) is -0.611. The highest BCUT2D eigenvalue weighted by molar-refractivity contribution is 8.02. The molecule has 6 heteroatoms. The molecular formula is C30H32FN3OS. The van der Waals surface area contributed by atoms with Crippen molar-refractivity contribution in [1.29, 1.82) is 0 Å². The van der Waals surface area contributed by atoms with Gasteiger partial charge in [-0.1, -0.05) is 61.2 Å². The molecule has 3 aromatic rings. The van der Waals surface area contributed by atoms with Crippen molar-refractivity contribution in [3.63, 3.8) is 0 Å². The highest BCUT2D eigenvalue weighted by atomic mass is 32.2. The predicted octanol–water partition coefficient (Wildman–Crippen LogP) is 6.97. The first-order valence-electron chi connectivity index (χ1n) is 12.1. The second kappa shape index (κ2) is 14.1. The number of nitrogens with zero attached hydrogens (tertiary/aromatic N) is 2. The summed E-state index contributed by atoms with van der Waals surface area (Å²) < 4.78 is 13.9. The van der Waals surface area contributed by atoms with E-state index in [0.717, 1.165) is 33.9 Å². The summed E-state index contributed by atoms with van der Waals surface area (Å²) in [7, 11) is 0. The minimum absolute atomic E-state index is 0.0178. The number of amides is 1. The molecule has 1 amide bonds. The lowest BCUT2D eigenvalue weighted by Crippen LogP contribution is -2.29. The molecule has 1 aliphatic rings. The van der Waals surface area contributed by atoms with E-state index in [9.17, 15) is 9.18 Å². The lowest BCUT2D eigenvalue weighted by atomic mass is 10.00. The summed E-state index contributed by atoms with van der Waals surface area (Å²) in [6.07, 6.45) is 9.00. The fraction of sp³-hybridized carbons (Fsp3) is 0.233. The van der Waals surface area contributed by atoms with Crippen LogP contribution in [0.1, 0.15) is 43.9 Å². The number of hydrogen-bond acceptors (Lipinski definition) is 4. The van der Waals surface area contributed by atoms with E-state index in [1.165, 1.54) is 17.7 Å². The third-order valence-electron chi connectivity index (χ3n) is 5.52. The van der Waals surface area contributed by atoms with Crippen molar-refractivity contribution in [3.05, 3.63) is 119 Å². The number of aryl methyl sites for hydroxylation is 1. The Bertz CT molecular complexity index is 1240. The van der Waals surface area contributed by atoms with Gasteiger partial charge in [0.2, 0.25) is 5.91 Å². The lowest BCUT2D eigenvalue weighted by molar-refractivity contribution is -0.123. The molecule has 1 atom stereocenters. The molecule has 0 saturated carbocycles. The van der Waals surface area contributed by atoms with Crippen LogP contribution in [-0.4, -0.2) is 23.1 Å². The van der Waals surface area contributed by atoms with Crippen molar-refractivity contribution in [2.45, 2.75) is 38.5 Å². The summed E-state index contributed by atoms with van der Waals surface area (Å²) in [6, 6.07) is 18.5. The van der Waals surface area contributed by atoms with Crippen molar-refractivity contribution in [1.82, 2.24) is 10.3 Å². The number of halogens is 1. The number of aromatic nitrogens is 1. The van der Waals surface area contributed by atoms with E-state index in [4.69, 9.17) is 4.99 Å². The van der Waals surface area contributed by atoms with Gasteiger partial charge in [0.15, 0.2) is 0 Å². The Morgan fingerprint density at radius 3 is 2.53 bits per heavy atom. The molecule has 0 saturated heterocycles. The number of fused-ring (bicyclic) bond motifs is 1. The molecule has 0 fully saturated rings. The SMILES string of the molecule is C/C=C\C(CC1=CSc2ccccc2C(c2cccc(F)c2)=N1)C(=O)NCC.CCc1ccncc1. The fourth-order valence-electron chi connectivity index (χ4n) is 3.71. The predicted molar refractivity (Wildman–Crippen MR) is 148 cm³/mol. The van der Waals surface area contributed by atoms with E-state index < -0.39 is 0 Å². The van der Waals surface area contributed by atoms with E-state index in [1.807, 2.05) is 86.3 Å². The molecule has 2 aromatic carbocycles. The number of benzene rings is 2. The Labute approximate surface area is 217 Å². The Morgan fingerprint density at radius 2 is 1.86 bits per heavy atom. The van der Waals surface area contributed by atoms with Crippen LogP contribution in [-0.2, 0) is 11.2 Å². The van der Waals surface area contributed by atoms with E-state index in [1.54, 1.807) is 17.8 Å². The highest BCUT2D eigenvalue weighted by Crippen LogP contribution is 2.33. The van der Waals surface area contributed by atoms with Crippen LogP contribution in [0.4, 0.5) is 4.39 Å². The number of pyridine rings is 1. The molecule has 1 N–H and O–H groups in total. The van der Waals surface area contributed by atoms with E-state index in [0.29, 0.717) is 13.0 Å². The molecule has 36 heavy (non-hydrogen) atoms. The molecule has 0 bridgehead atoms. The summed E-state index contributed by atoms with van der Waals surface area (Å²) in [5.41, 5.74) is 4.56. The van der Waals surface area contributed by atoms with Crippen molar-refractivity contribution in [2.75, 3.05) is 6.54 Å². The monoisotopic (exact) mass is 501 g/mol. The molecule has 1 aromatic heterocycles. The van der Waals surface area contributed by atoms with Gasteiger partial charge in [-0.15, -0.1) is 0 Å². The molecule has 2 heterocycles. The number of thioether (sulfide) groups is 1. The lowest BCUT2D eigenvalue weighted by Gasteiger charge is -2.13. The van der Waals surface area contributed by atoms with Gasteiger partial charge in [0.05, 0.1) is 11.6 Å². The quantitative estimate of drug-likeness (QED) is 0.356. The zero-order chi connectivity index (χ0) is 25.8. The molecule has 1 unspecified atom stereocenters. The average molecular weight is 502 g/mol. The van der Waals surface area contributed by atoms with Gasteiger partial charge in [0, 0.05) is 47.1 Å². The normalized spacial score (nSPS) is 13.4. The third kappa shape index (κ3) is 7.75. The Balaban J connectivity index is 0.000000383. The summed E-state index contributed by atoms with van der Waals surface area (Å²) in [4.78, 5) is 22.2. The van der Waals surface area contributed by atoms with Crippen LogP contribution in [0, 0.1) is 11.7 Å². The molecular weight excluding hydrogens is 469 g/mol. The number of allylic oxidation sites excluding steroid dienone is 2. The van der Waals surface area contributed by atoms with Crippen LogP contribution < -0.4 is 5.32 Å². The second-order valence-electron chi connectivity index (χ2n) is 8.13. The maximum atomic E-state index is 13.9. The third-order valence-corrected chi connectivity index (χ3v) is 6.52. The number of aliphatic imine (C=N–C) groups is 1. The number of carbonyl (C=O) groups is 1. The van der Waals surface area contributed by atoms with Crippen molar-refractivity contribution in [3.8, 4) is 0 Å². The van der Waals surface area contributed by atoms with Gasteiger partial charge in [0.25, 0.3) is 0 Å². The Kier molecular flexibility index (Phi) is 10.6. The largest absolute Gasteiger partial charge is 0.356 e. The average Bonchev–Trinajstić information content (AvgIpc) is 3.09. The van der Waals surface area contributed by atoms with Gasteiger partial charge < -0.3 is 5.32 Å². The molecule has 4 nitrogen and oxygen atoms in total. The van der Waals surface area contributed by atoms with Crippen LogP contribution in [0.25, 0.3) is 0 Å². The number of carbonyl (C=O) groups excluding carboxylic acids is 1. The zero-order valence-corrected chi connectivity index (χ0v) is 21.8. The smallest absolute Gasteiger partial charge is 0.227 e. The Hall–Kier alpha value is -3.51. The van der Waals surface area contributed by atoms with Crippen LogP contribution in [0.2, 0.25) is 0 Å². The van der Waals surface area contributed by atoms with Crippen LogP contribution >= 0.6 is 11.8 Å². The van der Waals surface area contributed by atoms with Crippen molar-refractivity contribution < 1.29 is 9.18 Å². The minimum Gasteiger partial charge on any atom is -0.356 e. The van der Waals surface area contributed by atoms with Gasteiger partial charge in [-0.25, -0.2) is 4.39 Å². The van der Waals surface area contributed by atoms with Gasteiger partial charge in [0.1, 0.15) is 5.82 Å². The van der Waals surface area contributed by atoms with E-state index >= 15 is 0 Å². The first kappa shape index (κ1) is 27.1. The van der Waals surface area contributed by atoms with Crippen LogP contribution in [0.3, 0.4) is 0 Å².